The van der Waals surface area contributed by atoms with Crippen LogP contribution < -0.4 is 11.2 Å². The van der Waals surface area contributed by atoms with E-state index in [9.17, 15) is 0 Å². The van der Waals surface area contributed by atoms with E-state index < -0.39 is 0 Å². The van der Waals surface area contributed by atoms with Gasteiger partial charge in [-0.15, -0.1) is 0 Å². The smallest absolute Gasteiger partial charge is 0.0614 e. The van der Waals surface area contributed by atoms with Crippen molar-refractivity contribution >= 4 is 0 Å². The largest absolute Gasteiger partial charge is 0.379 e. The van der Waals surface area contributed by atoms with Gasteiger partial charge in [0, 0.05) is 32.2 Å². The summed E-state index contributed by atoms with van der Waals surface area (Å²) in [5, 5.41) is 2.32. The molecule has 0 bridgehead atoms. The molecule has 0 aromatic carbocycles. The maximum Gasteiger partial charge on any atom is 0.0614 e. The normalized spacial score (nSPS) is 39.7. The van der Waals surface area contributed by atoms with Crippen molar-refractivity contribution in [1.82, 2.24) is 15.3 Å². The van der Waals surface area contributed by atoms with Crippen LogP contribution >= 0.6 is 0 Å². The van der Waals surface area contributed by atoms with Crippen LogP contribution in [0.3, 0.4) is 0 Å². The average molecular weight is 240 g/mol. The molecule has 98 valence electrons. The molecule has 3 fully saturated rings. The molecule has 3 saturated heterocycles. The van der Waals surface area contributed by atoms with Gasteiger partial charge in [-0.2, -0.15) is 0 Å². The third kappa shape index (κ3) is 2.11. The molecule has 3 aliphatic rings. The Morgan fingerprint density at radius 2 is 2.06 bits per heavy atom. The zero-order chi connectivity index (χ0) is 11.7. The molecule has 3 rings (SSSR count). The van der Waals surface area contributed by atoms with Crippen LogP contribution in [0.1, 0.15) is 19.3 Å². The fraction of sp³-hybridized carbons (Fsp3) is 1.00. The van der Waals surface area contributed by atoms with Gasteiger partial charge in [0.25, 0.3) is 0 Å². The van der Waals surface area contributed by atoms with Gasteiger partial charge in [-0.05, 0) is 25.8 Å². The first-order valence-corrected chi connectivity index (χ1v) is 6.89. The van der Waals surface area contributed by atoms with Crippen LogP contribution in [-0.4, -0.2) is 67.4 Å². The Balaban J connectivity index is 1.68. The average Bonchev–Trinajstić information content (AvgIpc) is 2.95. The van der Waals surface area contributed by atoms with E-state index in [1.165, 1.54) is 32.4 Å². The van der Waals surface area contributed by atoms with Gasteiger partial charge >= 0.3 is 0 Å². The Labute approximate surface area is 103 Å². The Kier molecular flexibility index (Phi) is 3.36. The molecule has 2 unspecified atom stereocenters. The first-order chi connectivity index (χ1) is 8.34. The van der Waals surface area contributed by atoms with Gasteiger partial charge in [-0.1, -0.05) is 0 Å². The van der Waals surface area contributed by atoms with E-state index in [-0.39, 0.29) is 5.54 Å². The summed E-state index contributed by atoms with van der Waals surface area (Å²) in [6, 6.07) is 0.648. The molecular weight excluding hydrogens is 216 g/mol. The van der Waals surface area contributed by atoms with E-state index in [0.717, 1.165) is 32.8 Å². The molecule has 5 nitrogen and oxygen atoms in total. The van der Waals surface area contributed by atoms with Crippen LogP contribution in [0, 0.1) is 0 Å². The lowest BCUT2D eigenvalue weighted by Crippen LogP contribution is -2.64. The molecule has 2 atom stereocenters. The fourth-order valence-electron chi connectivity index (χ4n) is 3.63. The second-order valence-electron chi connectivity index (χ2n) is 5.52. The van der Waals surface area contributed by atoms with Crippen molar-refractivity contribution in [2.75, 3.05) is 45.9 Å². The summed E-state index contributed by atoms with van der Waals surface area (Å²) in [5.74, 6) is 0. The van der Waals surface area contributed by atoms with Crippen molar-refractivity contribution in [2.24, 2.45) is 5.73 Å². The van der Waals surface area contributed by atoms with Gasteiger partial charge in [0.1, 0.15) is 0 Å². The number of nitrogens with two attached hydrogens (primary N) is 1. The third-order valence-electron chi connectivity index (χ3n) is 4.60. The highest BCUT2D eigenvalue weighted by atomic mass is 16.5. The number of nitrogens with zero attached hydrogens (tertiary/aromatic N) is 2. The predicted molar refractivity (Wildman–Crippen MR) is 66.5 cm³/mol. The van der Waals surface area contributed by atoms with E-state index >= 15 is 0 Å². The zero-order valence-corrected chi connectivity index (χ0v) is 10.5. The first kappa shape index (κ1) is 11.9. The monoisotopic (exact) mass is 240 g/mol. The second-order valence-corrected chi connectivity index (χ2v) is 5.52. The lowest BCUT2D eigenvalue weighted by Gasteiger charge is -2.41. The van der Waals surface area contributed by atoms with Crippen LogP contribution in [0.5, 0.6) is 0 Å². The quantitative estimate of drug-likeness (QED) is 0.689. The second kappa shape index (κ2) is 4.82. The number of rotatable bonds is 3. The van der Waals surface area contributed by atoms with Crippen molar-refractivity contribution in [1.29, 1.82) is 0 Å². The van der Waals surface area contributed by atoms with Gasteiger partial charge < -0.3 is 10.5 Å². The SMILES string of the molecule is NCC1(NN2CCOCC2)CCN2CCCC21. The van der Waals surface area contributed by atoms with Crippen molar-refractivity contribution in [3.63, 3.8) is 0 Å². The third-order valence-corrected chi connectivity index (χ3v) is 4.60. The number of morpholine rings is 1. The molecule has 3 N–H and O–H groups in total. The summed E-state index contributed by atoms with van der Waals surface area (Å²) in [6.45, 7) is 6.84. The van der Waals surface area contributed by atoms with Crippen molar-refractivity contribution in [3.8, 4) is 0 Å². The molecule has 0 radical (unpaired) electrons. The summed E-state index contributed by atoms with van der Waals surface area (Å²) < 4.78 is 5.39. The van der Waals surface area contributed by atoms with Gasteiger partial charge in [0.15, 0.2) is 0 Å². The Hall–Kier alpha value is -0.200. The summed E-state index contributed by atoms with van der Waals surface area (Å²) in [5.41, 5.74) is 9.95. The number of fused-ring (bicyclic) bond motifs is 1. The van der Waals surface area contributed by atoms with E-state index in [1.807, 2.05) is 0 Å². The van der Waals surface area contributed by atoms with Gasteiger partial charge in [0.05, 0.1) is 18.8 Å². The van der Waals surface area contributed by atoms with Crippen LogP contribution in [-0.2, 0) is 4.74 Å². The first-order valence-electron chi connectivity index (χ1n) is 6.89. The van der Waals surface area contributed by atoms with E-state index in [2.05, 4.69) is 15.3 Å². The number of hydrogen-bond acceptors (Lipinski definition) is 5. The zero-order valence-electron chi connectivity index (χ0n) is 10.5. The number of ether oxygens (including phenoxy) is 1. The lowest BCUT2D eigenvalue weighted by molar-refractivity contribution is -0.0163. The highest BCUT2D eigenvalue weighted by molar-refractivity contribution is 5.08. The van der Waals surface area contributed by atoms with Crippen LogP contribution in [0.15, 0.2) is 0 Å². The molecule has 0 saturated carbocycles. The topological polar surface area (TPSA) is 53.8 Å². The van der Waals surface area contributed by atoms with Crippen molar-refractivity contribution in [2.45, 2.75) is 30.8 Å². The summed E-state index contributed by atoms with van der Waals surface area (Å²) in [7, 11) is 0. The highest BCUT2D eigenvalue weighted by Crippen LogP contribution is 2.35. The Bertz CT molecular complexity index is 269. The van der Waals surface area contributed by atoms with E-state index in [0.29, 0.717) is 6.04 Å². The molecule has 3 aliphatic heterocycles. The van der Waals surface area contributed by atoms with Gasteiger partial charge in [-0.25, -0.2) is 10.4 Å². The molecule has 0 aliphatic carbocycles. The summed E-state index contributed by atoms with van der Waals surface area (Å²) in [6.07, 6.45) is 3.82. The maximum atomic E-state index is 6.09. The van der Waals surface area contributed by atoms with Gasteiger partial charge in [0.2, 0.25) is 0 Å². The fourth-order valence-corrected chi connectivity index (χ4v) is 3.63. The molecule has 5 heteroatoms. The molecule has 3 heterocycles. The van der Waals surface area contributed by atoms with Crippen molar-refractivity contribution in [3.05, 3.63) is 0 Å². The molecular formula is C12H24N4O. The van der Waals surface area contributed by atoms with Crippen molar-refractivity contribution < 1.29 is 4.74 Å². The minimum Gasteiger partial charge on any atom is -0.379 e. The lowest BCUT2D eigenvalue weighted by atomic mass is 9.89. The van der Waals surface area contributed by atoms with Gasteiger partial charge in [-0.3, -0.25) is 4.90 Å². The minimum absolute atomic E-state index is 0.119. The van der Waals surface area contributed by atoms with E-state index in [1.54, 1.807) is 0 Å². The molecule has 17 heavy (non-hydrogen) atoms. The predicted octanol–water partition coefficient (Wildman–Crippen LogP) is -0.611. The standard InChI is InChI=1S/C12H24N4O/c13-10-12(14-16-6-8-17-9-7-16)3-5-15-4-1-2-11(12)15/h11,14H,1-10,13H2. The van der Waals surface area contributed by atoms with Crippen LogP contribution in [0.2, 0.25) is 0 Å². The van der Waals surface area contributed by atoms with Crippen LogP contribution in [0.25, 0.3) is 0 Å². The Morgan fingerprint density at radius 3 is 2.82 bits per heavy atom. The minimum atomic E-state index is 0.119. The maximum absolute atomic E-state index is 6.09. The molecule has 0 aromatic rings. The number of hydrazine groups is 1. The Morgan fingerprint density at radius 1 is 1.24 bits per heavy atom. The molecule has 0 aromatic heterocycles. The molecule has 0 spiro atoms. The number of nitrogens with one attached hydrogen (secondary N) is 1. The summed E-state index contributed by atoms with van der Waals surface area (Å²) >= 11 is 0. The van der Waals surface area contributed by atoms with E-state index in [4.69, 9.17) is 10.5 Å². The number of hydrogen-bond donors (Lipinski definition) is 2. The summed E-state index contributed by atoms with van der Waals surface area (Å²) in [4.78, 5) is 2.61. The van der Waals surface area contributed by atoms with Crippen LogP contribution in [0.4, 0.5) is 0 Å². The molecule has 0 amide bonds. The highest BCUT2D eigenvalue weighted by Gasteiger charge is 2.49.